The molecule has 2 N–H and O–H groups in total. The van der Waals surface area contributed by atoms with E-state index in [1.165, 1.54) is 0 Å². The normalized spacial score (nSPS) is 19.6. The van der Waals surface area contributed by atoms with Crippen LogP contribution in [0, 0.1) is 11.8 Å². The molecule has 1 atom stereocenters. The number of aliphatic imine (C=N–C) groups is 1. The molecule has 1 heterocycles. The first kappa shape index (κ1) is 17.2. The van der Waals surface area contributed by atoms with E-state index in [0.29, 0.717) is 11.8 Å². The maximum Gasteiger partial charge on any atom is 0.191 e. The molecule has 1 rings (SSSR count). The van der Waals surface area contributed by atoms with Crippen LogP contribution < -0.4 is 10.6 Å². The van der Waals surface area contributed by atoms with Crippen LogP contribution in [0.2, 0.25) is 0 Å². The van der Waals surface area contributed by atoms with Crippen molar-refractivity contribution < 1.29 is 9.47 Å². The van der Waals surface area contributed by atoms with Gasteiger partial charge in [0.2, 0.25) is 0 Å². The second-order valence-corrected chi connectivity index (χ2v) is 5.70. The fourth-order valence-electron chi connectivity index (χ4n) is 1.96. The quantitative estimate of drug-likeness (QED) is 0.384. The lowest BCUT2D eigenvalue weighted by Crippen LogP contribution is -2.38. The van der Waals surface area contributed by atoms with Gasteiger partial charge in [-0.2, -0.15) is 0 Å². The third kappa shape index (κ3) is 8.38. The van der Waals surface area contributed by atoms with E-state index in [1.54, 1.807) is 0 Å². The average molecular weight is 285 g/mol. The third-order valence-corrected chi connectivity index (χ3v) is 3.09. The number of hydrogen-bond acceptors (Lipinski definition) is 3. The van der Waals surface area contributed by atoms with Gasteiger partial charge in [-0.25, -0.2) is 0 Å². The lowest BCUT2D eigenvalue weighted by atomic mass is 10.1. The van der Waals surface area contributed by atoms with Crippen molar-refractivity contribution in [2.24, 2.45) is 16.8 Å². The molecule has 20 heavy (non-hydrogen) atoms. The van der Waals surface area contributed by atoms with Crippen molar-refractivity contribution in [2.75, 3.05) is 46.1 Å². The largest absolute Gasteiger partial charge is 0.381 e. The van der Waals surface area contributed by atoms with Crippen LogP contribution in [0.1, 0.15) is 33.6 Å². The fourth-order valence-corrected chi connectivity index (χ4v) is 1.96. The Morgan fingerprint density at radius 1 is 1.40 bits per heavy atom. The Labute approximate surface area is 123 Å². The van der Waals surface area contributed by atoms with Gasteiger partial charge in [0.15, 0.2) is 5.96 Å². The zero-order valence-corrected chi connectivity index (χ0v) is 13.3. The van der Waals surface area contributed by atoms with Crippen LogP contribution in [0.25, 0.3) is 0 Å². The minimum atomic E-state index is 0.586. The molecule has 0 aromatic heterocycles. The number of hydrogen-bond donors (Lipinski definition) is 2. The predicted molar refractivity (Wildman–Crippen MR) is 83.2 cm³/mol. The first-order valence-electron chi connectivity index (χ1n) is 7.90. The van der Waals surface area contributed by atoms with Gasteiger partial charge in [-0.15, -0.1) is 0 Å². The van der Waals surface area contributed by atoms with E-state index >= 15 is 0 Å². The van der Waals surface area contributed by atoms with Crippen LogP contribution in [0.5, 0.6) is 0 Å². The maximum absolute atomic E-state index is 5.68. The smallest absolute Gasteiger partial charge is 0.191 e. The molecule has 0 amide bonds. The van der Waals surface area contributed by atoms with E-state index in [1.807, 2.05) is 0 Å². The van der Waals surface area contributed by atoms with Gasteiger partial charge in [0.25, 0.3) is 0 Å². The number of nitrogens with one attached hydrogen (secondary N) is 2. The van der Waals surface area contributed by atoms with Crippen LogP contribution in [0.4, 0.5) is 0 Å². The second-order valence-electron chi connectivity index (χ2n) is 5.70. The Balaban J connectivity index is 2.02. The molecule has 1 aliphatic heterocycles. The highest BCUT2D eigenvalue weighted by Gasteiger charge is 2.15. The SMILES string of the molecule is CCNC(=NCC(C)C)NCCCOCC1CCOC1. The zero-order chi connectivity index (χ0) is 14.6. The molecular weight excluding hydrogens is 254 g/mol. The Kier molecular flexibility index (Phi) is 9.41. The van der Waals surface area contributed by atoms with Crippen LogP contribution in [-0.2, 0) is 9.47 Å². The molecule has 1 saturated heterocycles. The Morgan fingerprint density at radius 3 is 2.90 bits per heavy atom. The van der Waals surface area contributed by atoms with Crippen molar-refractivity contribution in [3.05, 3.63) is 0 Å². The molecule has 0 spiro atoms. The highest BCUT2D eigenvalue weighted by molar-refractivity contribution is 5.79. The van der Waals surface area contributed by atoms with Crippen molar-refractivity contribution >= 4 is 5.96 Å². The van der Waals surface area contributed by atoms with Gasteiger partial charge in [-0.1, -0.05) is 13.8 Å². The molecule has 5 heteroatoms. The first-order chi connectivity index (χ1) is 9.72. The highest BCUT2D eigenvalue weighted by atomic mass is 16.5. The first-order valence-corrected chi connectivity index (χ1v) is 7.90. The Hall–Kier alpha value is -0.810. The summed E-state index contributed by atoms with van der Waals surface area (Å²) in [5, 5.41) is 6.59. The van der Waals surface area contributed by atoms with Gasteiger partial charge in [0, 0.05) is 38.8 Å². The molecule has 0 radical (unpaired) electrons. The van der Waals surface area contributed by atoms with Crippen LogP contribution in [0.15, 0.2) is 4.99 Å². The molecule has 118 valence electrons. The molecule has 1 fully saturated rings. The molecule has 1 unspecified atom stereocenters. The van der Waals surface area contributed by atoms with E-state index in [2.05, 4.69) is 36.4 Å². The van der Waals surface area contributed by atoms with Crippen molar-refractivity contribution in [1.82, 2.24) is 10.6 Å². The van der Waals surface area contributed by atoms with E-state index in [4.69, 9.17) is 9.47 Å². The van der Waals surface area contributed by atoms with E-state index in [9.17, 15) is 0 Å². The summed E-state index contributed by atoms with van der Waals surface area (Å²) in [7, 11) is 0. The molecule has 1 aliphatic rings. The highest BCUT2D eigenvalue weighted by Crippen LogP contribution is 2.12. The summed E-state index contributed by atoms with van der Waals surface area (Å²) in [5.41, 5.74) is 0. The minimum absolute atomic E-state index is 0.586. The van der Waals surface area contributed by atoms with Gasteiger partial charge in [-0.3, -0.25) is 4.99 Å². The van der Waals surface area contributed by atoms with Crippen LogP contribution >= 0.6 is 0 Å². The standard InChI is InChI=1S/C15H31N3O2/c1-4-16-15(18-10-13(2)3)17-7-5-8-19-11-14-6-9-20-12-14/h13-14H,4-12H2,1-3H3,(H2,16,17,18). The number of ether oxygens (including phenoxy) is 2. The molecule has 0 aliphatic carbocycles. The predicted octanol–water partition coefficient (Wildman–Crippen LogP) is 1.64. The number of guanidine groups is 1. The second kappa shape index (κ2) is 10.9. The summed E-state index contributed by atoms with van der Waals surface area (Å²) >= 11 is 0. The lowest BCUT2D eigenvalue weighted by Gasteiger charge is -2.12. The number of rotatable bonds is 9. The fraction of sp³-hybridized carbons (Fsp3) is 0.933. The van der Waals surface area contributed by atoms with E-state index in [-0.39, 0.29) is 0 Å². The summed E-state index contributed by atoms with van der Waals surface area (Å²) in [4.78, 5) is 4.53. The molecule has 0 bridgehead atoms. The molecule has 0 aromatic rings. The van der Waals surface area contributed by atoms with E-state index in [0.717, 1.165) is 64.9 Å². The summed E-state index contributed by atoms with van der Waals surface area (Å²) in [6.45, 7) is 12.5. The Morgan fingerprint density at radius 2 is 2.25 bits per heavy atom. The molecular formula is C15H31N3O2. The van der Waals surface area contributed by atoms with Gasteiger partial charge in [0.05, 0.1) is 13.2 Å². The van der Waals surface area contributed by atoms with Gasteiger partial charge >= 0.3 is 0 Å². The Bertz CT molecular complexity index is 264. The number of nitrogens with zero attached hydrogens (tertiary/aromatic N) is 1. The van der Waals surface area contributed by atoms with Crippen molar-refractivity contribution in [3.63, 3.8) is 0 Å². The third-order valence-electron chi connectivity index (χ3n) is 3.09. The summed E-state index contributed by atoms with van der Waals surface area (Å²) in [5.74, 6) is 2.10. The van der Waals surface area contributed by atoms with Crippen molar-refractivity contribution in [2.45, 2.75) is 33.6 Å². The summed E-state index contributed by atoms with van der Waals surface area (Å²) in [6.07, 6.45) is 2.14. The van der Waals surface area contributed by atoms with Crippen molar-refractivity contribution in [1.29, 1.82) is 0 Å². The monoisotopic (exact) mass is 285 g/mol. The average Bonchev–Trinajstić information content (AvgIpc) is 2.92. The topological polar surface area (TPSA) is 54.9 Å². The van der Waals surface area contributed by atoms with Gasteiger partial charge in [0.1, 0.15) is 0 Å². The van der Waals surface area contributed by atoms with E-state index < -0.39 is 0 Å². The zero-order valence-electron chi connectivity index (χ0n) is 13.3. The van der Waals surface area contributed by atoms with Crippen LogP contribution in [-0.4, -0.2) is 52.0 Å². The maximum atomic E-state index is 5.68. The van der Waals surface area contributed by atoms with Crippen molar-refractivity contribution in [3.8, 4) is 0 Å². The van der Waals surface area contributed by atoms with Gasteiger partial charge in [-0.05, 0) is 25.7 Å². The molecule has 5 nitrogen and oxygen atoms in total. The molecule has 0 aromatic carbocycles. The molecule has 0 saturated carbocycles. The summed E-state index contributed by atoms with van der Waals surface area (Å²) in [6, 6.07) is 0. The minimum Gasteiger partial charge on any atom is -0.381 e. The van der Waals surface area contributed by atoms with Gasteiger partial charge < -0.3 is 20.1 Å². The lowest BCUT2D eigenvalue weighted by molar-refractivity contribution is 0.0888. The van der Waals surface area contributed by atoms with Crippen LogP contribution in [0.3, 0.4) is 0 Å². The summed E-state index contributed by atoms with van der Waals surface area (Å²) < 4.78 is 11.0.